The molecule has 10 heteroatoms. The molecule has 154 valence electrons. The summed E-state index contributed by atoms with van der Waals surface area (Å²) in [5.74, 6) is -0.560. The van der Waals surface area contributed by atoms with Gasteiger partial charge < -0.3 is 10.1 Å². The van der Waals surface area contributed by atoms with E-state index >= 15 is 0 Å². The number of carbonyl (C=O) groups is 1. The fourth-order valence-corrected chi connectivity index (χ4v) is 3.01. The molecule has 0 saturated carbocycles. The molecule has 1 fully saturated rings. The molecular weight excluding hydrogens is 391 g/mol. The van der Waals surface area contributed by atoms with Crippen molar-refractivity contribution in [1.82, 2.24) is 4.90 Å². The van der Waals surface area contributed by atoms with Crippen LogP contribution in [0.4, 0.5) is 24.5 Å². The van der Waals surface area contributed by atoms with Crippen LogP contribution in [0.1, 0.15) is 11.1 Å². The highest BCUT2D eigenvalue weighted by molar-refractivity contribution is 5.94. The highest BCUT2D eigenvalue weighted by Gasteiger charge is 2.35. The molecule has 2 aromatic carbocycles. The minimum atomic E-state index is -4.51. The Labute approximate surface area is 164 Å². The predicted octanol–water partition coefficient (Wildman–Crippen LogP) is 3.45. The van der Waals surface area contributed by atoms with Crippen LogP contribution in [-0.2, 0) is 22.3 Å². The Hall–Kier alpha value is -2.98. The SMILES string of the molecule is O=C(CN(Cc1ccccc1C(F)(F)F)C1COC1)Nc1ccccc1[N+](=O)[O-]. The maximum absolute atomic E-state index is 13.3. The van der Waals surface area contributed by atoms with Crippen molar-refractivity contribution in [3.8, 4) is 0 Å². The molecule has 0 spiro atoms. The van der Waals surface area contributed by atoms with Gasteiger partial charge in [0.05, 0.1) is 36.3 Å². The first-order valence-corrected chi connectivity index (χ1v) is 8.76. The third-order valence-corrected chi connectivity index (χ3v) is 4.55. The molecule has 3 rings (SSSR count). The lowest BCUT2D eigenvalue weighted by Gasteiger charge is -2.37. The van der Waals surface area contributed by atoms with Crippen LogP contribution in [0.15, 0.2) is 48.5 Å². The van der Waals surface area contributed by atoms with E-state index in [2.05, 4.69) is 5.32 Å². The first-order chi connectivity index (χ1) is 13.8. The van der Waals surface area contributed by atoms with Crippen molar-refractivity contribution < 1.29 is 27.6 Å². The zero-order chi connectivity index (χ0) is 21.0. The van der Waals surface area contributed by atoms with E-state index in [1.54, 1.807) is 11.0 Å². The number of nitrogens with one attached hydrogen (secondary N) is 1. The summed E-state index contributed by atoms with van der Waals surface area (Å²) >= 11 is 0. The number of nitro groups is 1. The van der Waals surface area contributed by atoms with E-state index in [9.17, 15) is 28.1 Å². The summed E-state index contributed by atoms with van der Waals surface area (Å²) < 4.78 is 45.0. The zero-order valence-electron chi connectivity index (χ0n) is 15.2. The van der Waals surface area contributed by atoms with Gasteiger partial charge in [0.25, 0.3) is 5.69 Å². The molecule has 1 heterocycles. The van der Waals surface area contributed by atoms with Gasteiger partial charge in [-0.2, -0.15) is 13.2 Å². The summed E-state index contributed by atoms with van der Waals surface area (Å²) in [6.07, 6.45) is -4.51. The first-order valence-electron chi connectivity index (χ1n) is 8.76. The standard InChI is InChI=1S/C19H18F3N3O4/c20-19(21,22)15-6-2-1-5-13(15)9-24(14-11-29-12-14)10-18(26)23-16-7-3-4-8-17(16)25(27)28/h1-8,14H,9-12H2,(H,23,26). The number of anilines is 1. The molecule has 0 aliphatic carbocycles. The second-order valence-electron chi connectivity index (χ2n) is 6.57. The average Bonchev–Trinajstić information content (AvgIpc) is 2.60. The van der Waals surface area contributed by atoms with Gasteiger partial charge >= 0.3 is 6.18 Å². The summed E-state index contributed by atoms with van der Waals surface area (Å²) in [5.41, 5.74) is -0.945. The monoisotopic (exact) mass is 409 g/mol. The minimum Gasteiger partial charge on any atom is -0.378 e. The van der Waals surface area contributed by atoms with Crippen molar-refractivity contribution in [3.05, 3.63) is 69.8 Å². The van der Waals surface area contributed by atoms with E-state index in [1.807, 2.05) is 0 Å². The molecule has 0 unspecified atom stereocenters. The quantitative estimate of drug-likeness (QED) is 0.559. The summed E-state index contributed by atoms with van der Waals surface area (Å²) in [6, 6.07) is 10.6. The fourth-order valence-electron chi connectivity index (χ4n) is 3.01. The molecule has 0 radical (unpaired) electrons. The lowest BCUT2D eigenvalue weighted by atomic mass is 10.1. The van der Waals surface area contributed by atoms with Crippen molar-refractivity contribution >= 4 is 17.3 Å². The van der Waals surface area contributed by atoms with Crippen molar-refractivity contribution in [3.63, 3.8) is 0 Å². The van der Waals surface area contributed by atoms with Crippen molar-refractivity contribution in [1.29, 1.82) is 0 Å². The van der Waals surface area contributed by atoms with Gasteiger partial charge in [0.15, 0.2) is 0 Å². The number of benzene rings is 2. The van der Waals surface area contributed by atoms with Gasteiger partial charge in [-0.3, -0.25) is 19.8 Å². The molecule has 0 atom stereocenters. The van der Waals surface area contributed by atoms with Crippen molar-refractivity contribution in [2.75, 3.05) is 25.1 Å². The largest absolute Gasteiger partial charge is 0.416 e. The van der Waals surface area contributed by atoms with Crippen LogP contribution in [0.2, 0.25) is 0 Å². The van der Waals surface area contributed by atoms with Crippen LogP contribution in [0.3, 0.4) is 0 Å². The van der Waals surface area contributed by atoms with Gasteiger partial charge in [0.1, 0.15) is 5.69 Å². The number of hydrogen-bond donors (Lipinski definition) is 1. The van der Waals surface area contributed by atoms with Gasteiger partial charge in [-0.25, -0.2) is 0 Å². The number of halogens is 3. The van der Waals surface area contributed by atoms with Crippen LogP contribution >= 0.6 is 0 Å². The van der Waals surface area contributed by atoms with E-state index in [0.29, 0.717) is 13.2 Å². The van der Waals surface area contributed by atoms with Gasteiger partial charge in [-0.1, -0.05) is 30.3 Å². The fraction of sp³-hybridized carbons (Fsp3) is 0.316. The highest BCUT2D eigenvalue weighted by Crippen LogP contribution is 2.33. The zero-order valence-corrected chi connectivity index (χ0v) is 15.2. The van der Waals surface area contributed by atoms with E-state index in [4.69, 9.17) is 4.74 Å². The Morgan fingerprint density at radius 3 is 2.45 bits per heavy atom. The normalized spacial score (nSPS) is 14.5. The Bertz CT molecular complexity index is 900. The molecule has 1 saturated heterocycles. The van der Waals surface area contributed by atoms with Crippen LogP contribution in [0.25, 0.3) is 0 Å². The van der Waals surface area contributed by atoms with Crippen molar-refractivity contribution in [2.24, 2.45) is 0 Å². The Balaban J connectivity index is 1.76. The maximum Gasteiger partial charge on any atom is 0.416 e. The second-order valence-corrected chi connectivity index (χ2v) is 6.57. The molecule has 1 aliphatic heterocycles. The number of para-hydroxylation sites is 2. The Kier molecular flexibility index (Phi) is 6.14. The molecule has 1 N–H and O–H groups in total. The number of carbonyl (C=O) groups excluding carboxylic acids is 1. The third kappa shape index (κ3) is 5.09. The van der Waals surface area contributed by atoms with E-state index < -0.39 is 22.6 Å². The molecule has 29 heavy (non-hydrogen) atoms. The van der Waals surface area contributed by atoms with E-state index in [1.165, 1.54) is 36.4 Å². The number of alkyl halides is 3. The molecule has 1 aliphatic rings. The lowest BCUT2D eigenvalue weighted by Crippen LogP contribution is -2.51. The molecular formula is C19H18F3N3O4. The number of ether oxygens (including phenoxy) is 1. The van der Waals surface area contributed by atoms with Crippen molar-refractivity contribution in [2.45, 2.75) is 18.8 Å². The number of rotatable bonds is 7. The molecule has 7 nitrogen and oxygen atoms in total. The summed E-state index contributed by atoms with van der Waals surface area (Å²) in [4.78, 5) is 24.5. The smallest absolute Gasteiger partial charge is 0.378 e. The number of hydrogen-bond acceptors (Lipinski definition) is 5. The van der Waals surface area contributed by atoms with Gasteiger partial charge in [-0.05, 0) is 17.7 Å². The Morgan fingerprint density at radius 1 is 1.17 bits per heavy atom. The van der Waals surface area contributed by atoms with E-state index in [-0.39, 0.29) is 36.1 Å². The summed E-state index contributed by atoms with van der Waals surface area (Å²) in [7, 11) is 0. The molecule has 0 bridgehead atoms. The number of nitrogens with zero attached hydrogens (tertiary/aromatic N) is 2. The van der Waals surface area contributed by atoms with Crippen LogP contribution in [0, 0.1) is 10.1 Å². The molecule has 0 aromatic heterocycles. The maximum atomic E-state index is 13.3. The van der Waals surface area contributed by atoms with E-state index in [0.717, 1.165) is 6.07 Å². The van der Waals surface area contributed by atoms with Gasteiger partial charge in [-0.15, -0.1) is 0 Å². The molecule has 2 aromatic rings. The Morgan fingerprint density at radius 2 is 1.83 bits per heavy atom. The number of amides is 1. The highest BCUT2D eigenvalue weighted by atomic mass is 19.4. The lowest BCUT2D eigenvalue weighted by molar-refractivity contribution is -0.383. The summed E-state index contributed by atoms with van der Waals surface area (Å²) in [5, 5.41) is 13.6. The number of nitro benzene ring substituents is 1. The average molecular weight is 409 g/mol. The topological polar surface area (TPSA) is 84.7 Å². The van der Waals surface area contributed by atoms with Gasteiger partial charge in [0, 0.05) is 12.6 Å². The van der Waals surface area contributed by atoms with Gasteiger partial charge in [0.2, 0.25) is 5.91 Å². The summed E-state index contributed by atoms with van der Waals surface area (Å²) in [6.45, 7) is 0.264. The predicted molar refractivity (Wildman–Crippen MR) is 98.2 cm³/mol. The second kappa shape index (κ2) is 8.58. The minimum absolute atomic E-state index is 0.0306. The molecule has 1 amide bonds. The van der Waals surface area contributed by atoms with Crippen LogP contribution in [-0.4, -0.2) is 41.5 Å². The first kappa shape index (κ1) is 20.7. The van der Waals surface area contributed by atoms with Crippen LogP contribution in [0.5, 0.6) is 0 Å². The third-order valence-electron chi connectivity index (χ3n) is 4.55. The van der Waals surface area contributed by atoms with Crippen LogP contribution < -0.4 is 5.32 Å².